The lowest BCUT2D eigenvalue weighted by Gasteiger charge is -2.14. The number of hydrogen-bond donors (Lipinski definition) is 1. The first-order chi connectivity index (χ1) is 8.69. The van der Waals surface area contributed by atoms with Gasteiger partial charge in [0, 0.05) is 22.8 Å². The van der Waals surface area contributed by atoms with Crippen LogP contribution in [0.1, 0.15) is 23.4 Å². The summed E-state index contributed by atoms with van der Waals surface area (Å²) in [6.07, 6.45) is 0. The van der Waals surface area contributed by atoms with Crippen LogP contribution in [0.4, 0.5) is 0 Å². The molecule has 1 heterocycles. The molecule has 0 aliphatic rings. The van der Waals surface area contributed by atoms with Crippen molar-refractivity contribution in [2.45, 2.75) is 19.5 Å². The number of hydrogen-bond acceptors (Lipinski definition) is 3. The Kier molecular flexibility index (Phi) is 4.64. The summed E-state index contributed by atoms with van der Waals surface area (Å²) in [6, 6.07) is 10.4. The van der Waals surface area contributed by atoms with Crippen molar-refractivity contribution in [1.82, 2.24) is 5.32 Å². The molecule has 0 fully saturated rings. The average molecular weight is 282 g/mol. The minimum absolute atomic E-state index is 0.279. The highest BCUT2D eigenvalue weighted by molar-refractivity contribution is 7.10. The molecule has 4 heteroatoms. The highest BCUT2D eigenvalue weighted by Crippen LogP contribution is 2.22. The van der Waals surface area contributed by atoms with E-state index in [-0.39, 0.29) is 6.04 Å². The molecule has 2 aromatic rings. The van der Waals surface area contributed by atoms with Crippen LogP contribution in [0.25, 0.3) is 0 Å². The molecule has 2 rings (SSSR count). The minimum atomic E-state index is 0.279. The Bertz CT molecular complexity index is 512. The lowest BCUT2D eigenvalue weighted by Crippen LogP contribution is -2.17. The van der Waals surface area contributed by atoms with Crippen LogP contribution < -0.4 is 10.1 Å². The van der Waals surface area contributed by atoms with Crippen molar-refractivity contribution >= 4 is 22.9 Å². The number of halogens is 1. The van der Waals surface area contributed by atoms with Crippen molar-refractivity contribution in [1.29, 1.82) is 0 Å². The number of methoxy groups -OCH3 is 1. The Hall–Kier alpha value is -1.03. The maximum atomic E-state index is 5.90. The zero-order chi connectivity index (χ0) is 13.0. The minimum Gasteiger partial charge on any atom is -0.497 e. The summed E-state index contributed by atoms with van der Waals surface area (Å²) >= 11 is 7.57. The van der Waals surface area contributed by atoms with Crippen LogP contribution in [0.3, 0.4) is 0 Å². The maximum Gasteiger partial charge on any atom is 0.119 e. The van der Waals surface area contributed by atoms with Gasteiger partial charge in [-0.1, -0.05) is 23.7 Å². The van der Waals surface area contributed by atoms with E-state index in [0.29, 0.717) is 0 Å². The van der Waals surface area contributed by atoms with E-state index in [4.69, 9.17) is 16.3 Å². The molecular weight excluding hydrogens is 266 g/mol. The highest BCUT2D eigenvalue weighted by Gasteiger charge is 2.06. The Morgan fingerprint density at radius 1 is 1.39 bits per heavy atom. The van der Waals surface area contributed by atoms with Crippen LogP contribution >= 0.6 is 22.9 Å². The van der Waals surface area contributed by atoms with E-state index in [1.807, 2.05) is 23.6 Å². The molecule has 1 N–H and O–H groups in total. The van der Waals surface area contributed by atoms with Gasteiger partial charge in [-0.05, 0) is 30.7 Å². The Morgan fingerprint density at radius 3 is 2.89 bits per heavy atom. The smallest absolute Gasteiger partial charge is 0.119 e. The first-order valence-corrected chi connectivity index (χ1v) is 7.05. The third-order valence-corrected chi connectivity index (χ3v) is 4.08. The van der Waals surface area contributed by atoms with Gasteiger partial charge in [0.15, 0.2) is 0 Å². The molecule has 0 unspecified atom stereocenters. The average Bonchev–Trinajstić information content (AvgIpc) is 2.82. The summed E-state index contributed by atoms with van der Waals surface area (Å²) in [5.74, 6) is 0.889. The van der Waals surface area contributed by atoms with Crippen LogP contribution in [0.5, 0.6) is 5.75 Å². The van der Waals surface area contributed by atoms with Crippen LogP contribution in [0.15, 0.2) is 35.7 Å². The van der Waals surface area contributed by atoms with Gasteiger partial charge in [-0.2, -0.15) is 0 Å². The second kappa shape index (κ2) is 6.23. The number of nitrogens with one attached hydrogen (secondary N) is 1. The molecule has 18 heavy (non-hydrogen) atoms. The van der Waals surface area contributed by atoms with E-state index in [9.17, 15) is 0 Å². The molecule has 0 bridgehead atoms. The van der Waals surface area contributed by atoms with Crippen molar-refractivity contribution in [2.75, 3.05) is 7.11 Å². The molecule has 0 saturated heterocycles. The monoisotopic (exact) mass is 281 g/mol. The second-order valence-electron chi connectivity index (χ2n) is 4.11. The molecule has 2 nitrogen and oxygen atoms in total. The first kappa shape index (κ1) is 13.4. The van der Waals surface area contributed by atoms with E-state index in [1.54, 1.807) is 18.4 Å². The van der Waals surface area contributed by atoms with Gasteiger partial charge in [0.05, 0.1) is 12.1 Å². The van der Waals surface area contributed by atoms with E-state index in [2.05, 4.69) is 24.4 Å². The van der Waals surface area contributed by atoms with Gasteiger partial charge in [-0.25, -0.2) is 0 Å². The normalized spacial score (nSPS) is 12.4. The lowest BCUT2D eigenvalue weighted by molar-refractivity contribution is 0.413. The molecule has 0 aliphatic heterocycles. The third-order valence-electron chi connectivity index (χ3n) is 2.80. The van der Waals surface area contributed by atoms with Gasteiger partial charge in [-0.3, -0.25) is 0 Å². The molecule has 1 aromatic carbocycles. The van der Waals surface area contributed by atoms with Crippen LogP contribution in [0.2, 0.25) is 5.02 Å². The van der Waals surface area contributed by atoms with Gasteiger partial charge in [0.1, 0.15) is 5.75 Å². The topological polar surface area (TPSA) is 21.3 Å². The molecule has 0 aliphatic carbocycles. The fourth-order valence-corrected chi connectivity index (χ4v) is 2.75. The largest absolute Gasteiger partial charge is 0.497 e. The SMILES string of the molecule is COc1cccc([C@@H](C)NCc2cc(Cl)cs2)c1. The molecule has 0 saturated carbocycles. The predicted molar refractivity (Wildman–Crippen MR) is 77.6 cm³/mol. The van der Waals surface area contributed by atoms with E-state index >= 15 is 0 Å². The van der Waals surface area contributed by atoms with Crippen molar-refractivity contribution in [3.63, 3.8) is 0 Å². The summed E-state index contributed by atoms with van der Waals surface area (Å²) in [6.45, 7) is 2.97. The Labute approximate surface area is 117 Å². The summed E-state index contributed by atoms with van der Waals surface area (Å²) in [5.41, 5.74) is 1.22. The van der Waals surface area contributed by atoms with E-state index in [0.717, 1.165) is 17.3 Å². The molecule has 0 amide bonds. The predicted octanol–water partition coefficient (Wildman–Crippen LogP) is 4.26. The summed E-state index contributed by atoms with van der Waals surface area (Å²) in [4.78, 5) is 1.25. The highest BCUT2D eigenvalue weighted by atomic mass is 35.5. The van der Waals surface area contributed by atoms with Gasteiger partial charge in [-0.15, -0.1) is 11.3 Å². The summed E-state index contributed by atoms with van der Waals surface area (Å²) < 4.78 is 5.23. The molecule has 0 spiro atoms. The molecular formula is C14H16ClNOS. The first-order valence-electron chi connectivity index (χ1n) is 5.79. The quantitative estimate of drug-likeness (QED) is 0.884. The van der Waals surface area contributed by atoms with Crippen LogP contribution in [-0.4, -0.2) is 7.11 Å². The number of thiophene rings is 1. The van der Waals surface area contributed by atoms with Crippen molar-refractivity contribution < 1.29 is 4.74 Å². The standard InChI is InChI=1S/C14H16ClNOS/c1-10(11-4-3-5-13(6-11)17-2)16-8-14-7-12(15)9-18-14/h3-7,9-10,16H,8H2,1-2H3/t10-/m1/s1. The lowest BCUT2D eigenvalue weighted by atomic mass is 10.1. The van der Waals surface area contributed by atoms with Gasteiger partial charge in [0.25, 0.3) is 0 Å². The molecule has 1 aromatic heterocycles. The summed E-state index contributed by atoms with van der Waals surface area (Å²) in [7, 11) is 1.69. The fraction of sp³-hybridized carbons (Fsp3) is 0.286. The third kappa shape index (κ3) is 3.48. The van der Waals surface area contributed by atoms with Gasteiger partial charge in [0.2, 0.25) is 0 Å². The van der Waals surface area contributed by atoms with Crippen LogP contribution in [0, 0.1) is 0 Å². The fourth-order valence-electron chi connectivity index (χ4n) is 1.73. The molecule has 96 valence electrons. The van der Waals surface area contributed by atoms with Crippen molar-refractivity contribution in [3.05, 3.63) is 51.2 Å². The summed E-state index contributed by atoms with van der Waals surface area (Å²) in [5, 5.41) is 6.24. The zero-order valence-electron chi connectivity index (χ0n) is 10.4. The molecule has 1 atom stereocenters. The Morgan fingerprint density at radius 2 is 2.22 bits per heavy atom. The number of rotatable bonds is 5. The number of ether oxygens (including phenoxy) is 1. The molecule has 0 radical (unpaired) electrons. The maximum absolute atomic E-state index is 5.90. The van der Waals surface area contributed by atoms with Crippen LogP contribution in [-0.2, 0) is 6.54 Å². The zero-order valence-corrected chi connectivity index (χ0v) is 12.0. The van der Waals surface area contributed by atoms with Gasteiger partial charge >= 0.3 is 0 Å². The van der Waals surface area contributed by atoms with E-state index < -0.39 is 0 Å². The van der Waals surface area contributed by atoms with Crippen molar-refractivity contribution in [3.8, 4) is 5.75 Å². The Balaban J connectivity index is 1.96. The van der Waals surface area contributed by atoms with E-state index in [1.165, 1.54) is 10.4 Å². The van der Waals surface area contributed by atoms with Crippen molar-refractivity contribution in [2.24, 2.45) is 0 Å². The van der Waals surface area contributed by atoms with Gasteiger partial charge < -0.3 is 10.1 Å². The number of benzene rings is 1. The second-order valence-corrected chi connectivity index (χ2v) is 5.54.